The molecule has 2 N–H and O–H groups in total. The summed E-state index contributed by atoms with van der Waals surface area (Å²) in [6.45, 7) is 0.625. The Morgan fingerprint density at radius 1 is 1.03 bits per heavy atom. The molecule has 1 heterocycles. The number of ether oxygens (including phenoxy) is 1. The number of carboxylic acids is 1. The van der Waals surface area contributed by atoms with Crippen LogP contribution in [-0.4, -0.2) is 39.5 Å². The summed E-state index contributed by atoms with van der Waals surface area (Å²) in [7, 11) is 0. The third-order valence-electron chi connectivity index (χ3n) is 4.03. The van der Waals surface area contributed by atoms with Crippen LogP contribution in [0.25, 0.3) is 0 Å². The molecule has 2 aromatic carbocycles. The van der Waals surface area contributed by atoms with Crippen molar-refractivity contribution in [2.45, 2.75) is 23.6 Å². The molecule has 0 unspecified atom stereocenters. The summed E-state index contributed by atoms with van der Waals surface area (Å²) < 4.78 is 6.23. The van der Waals surface area contributed by atoms with Crippen molar-refractivity contribution >= 4 is 40.1 Å². The van der Waals surface area contributed by atoms with E-state index in [0.717, 1.165) is 48.1 Å². The van der Waals surface area contributed by atoms with Gasteiger partial charge in [0.2, 0.25) is 5.13 Å². The number of hydrogen-bond acceptors (Lipinski definition) is 7. The number of aliphatic carboxylic acids is 1. The molecule has 0 saturated carbocycles. The van der Waals surface area contributed by atoms with Crippen LogP contribution in [0.3, 0.4) is 0 Å². The predicted octanol–water partition coefficient (Wildman–Crippen LogP) is 4.37. The minimum Gasteiger partial charge on any atom is -0.494 e. The van der Waals surface area contributed by atoms with Gasteiger partial charge in [-0.25, -0.2) is 0 Å². The van der Waals surface area contributed by atoms with Crippen molar-refractivity contribution in [2.75, 3.05) is 17.7 Å². The van der Waals surface area contributed by atoms with Crippen molar-refractivity contribution in [3.8, 4) is 5.75 Å². The summed E-state index contributed by atoms with van der Waals surface area (Å²) in [4.78, 5) is 22.9. The zero-order chi connectivity index (χ0) is 21.2. The molecule has 0 aliphatic heterocycles. The molecule has 9 heteroatoms. The summed E-state index contributed by atoms with van der Waals surface area (Å²) in [6, 6.07) is 17.3. The number of anilines is 1. The topological polar surface area (TPSA) is 101 Å². The molecule has 0 saturated heterocycles. The molecule has 3 rings (SSSR count). The summed E-state index contributed by atoms with van der Waals surface area (Å²) in [5.41, 5.74) is 1.80. The van der Waals surface area contributed by atoms with Crippen LogP contribution in [0.2, 0.25) is 0 Å². The number of hydrogen-bond donors (Lipinski definition) is 2. The number of thioether (sulfide) groups is 1. The summed E-state index contributed by atoms with van der Waals surface area (Å²) >= 11 is 2.20. The second kappa shape index (κ2) is 11.3. The molecule has 1 aromatic heterocycles. The zero-order valence-electron chi connectivity index (χ0n) is 16.1. The van der Waals surface area contributed by atoms with Crippen LogP contribution < -0.4 is 10.1 Å². The van der Waals surface area contributed by atoms with E-state index in [-0.39, 0.29) is 11.7 Å². The summed E-state index contributed by atoms with van der Waals surface area (Å²) in [5, 5.41) is 19.4. The molecule has 0 bridgehead atoms. The molecule has 7 nitrogen and oxygen atoms in total. The second-order valence-electron chi connectivity index (χ2n) is 6.33. The Kier molecular flexibility index (Phi) is 8.22. The number of rotatable bonds is 11. The van der Waals surface area contributed by atoms with Gasteiger partial charge >= 0.3 is 5.97 Å². The van der Waals surface area contributed by atoms with Gasteiger partial charge in [-0.3, -0.25) is 14.9 Å². The minimum atomic E-state index is -0.931. The fourth-order valence-corrected chi connectivity index (χ4v) is 4.05. The van der Waals surface area contributed by atoms with Crippen molar-refractivity contribution in [1.82, 2.24) is 10.2 Å². The molecule has 156 valence electrons. The lowest BCUT2D eigenvalue weighted by Crippen LogP contribution is -2.11. The van der Waals surface area contributed by atoms with E-state index in [1.54, 1.807) is 24.3 Å². The lowest BCUT2D eigenvalue weighted by atomic mass is 10.1. The van der Waals surface area contributed by atoms with E-state index >= 15 is 0 Å². The molecule has 0 atom stereocenters. The number of unbranched alkanes of at least 4 members (excludes halogenated alkanes) is 1. The first-order chi connectivity index (χ1) is 14.6. The lowest BCUT2D eigenvalue weighted by molar-refractivity contribution is -0.133. The van der Waals surface area contributed by atoms with E-state index in [1.807, 2.05) is 18.2 Å². The summed E-state index contributed by atoms with van der Waals surface area (Å²) in [5.74, 6) is -0.625. The first kappa shape index (κ1) is 21.8. The van der Waals surface area contributed by atoms with E-state index in [0.29, 0.717) is 21.6 Å². The molecule has 0 aliphatic rings. The fourth-order valence-electron chi connectivity index (χ4n) is 2.58. The van der Waals surface area contributed by atoms with Crippen LogP contribution in [0.4, 0.5) is 5.13 Å². The van der Waals surface area contributed by atoms with Crippen molar-refractivity contribution in [2.24, 2.45) is 0 Å². The quantitative estimate of drug-likeness (QED) is 0.258. The van der Waals surface area contributed by atoms with Crippen LogP contribution in [0.5, 0.6) is 5.75 Å². The number of carbonyl (C=O) groups excluding carboxylic acids is 1. The molecular weight excluding hydrogens is 422 g/mol. The maximum atomic E-state index is 12.3. The molecule has 3 aromatic rings. The van der Waals surface area contributed by atoms with Crippen LogP contribution in [0.1, 0.15) is 28.8 Å². The Morgan fingerprint density at radius 2 is 1.80 bits per heavy atom. The molecular formula is C21H21N3O4S2. The van der Waals surface area contributed by atoms with E-state index < -0.39 is 5.97 Å². The average Bonchev–Trinajstić information content (AvgIpc) is 3.20. The third kappa shape index (κ3) is 7.16. The minimum absolute atomic E-state index is 0.101. The van der Waals surface area contributed by atoms with Gasteiger partial charge in [0.15, 0.2) is 4.34 Å². The van der Waals surface area contributed by atoms with Crippen molar-refractivity contribution < 1.29 is 19.4 Å². The van der Waals surface area contributed by atoms with Gasteiger partial charge < -0.3 is 9.84 Å². The lowest BCUT2D eigenvalue weighted by Gasteiger charge is -2.07. The van der Waals surface area contributed by atoms with E-state index in [1.165, 1.54) is 5.56 Å². The van der Waals surface area contributed by atoms with Crippen LogP contribution >= 0.6 is 23.1 Å². The SMILES string of the molecule is O=C(O)CSc1nnc(NC(=O)c2ccc(OCCCCc3ccccc3)cc2)s1. The van der Waals surface area contributed by atoms with Gasteiger partial charge in [-0.05, 0) is 49.1 Å². The molecule has 0 spiro atoms. The van der Waals surface area contributed by atoms with Gasteiger partial charge in [-0.15, -0.1) is 10.2 Å². The maximum Gasteiger partial charge on any atom is 0.313 e. The average molecular weight is 444 g/mol. The normalized spacial score (nSPS) is 10.5. The van der Waals surface area contributed by atoms with Gasteiger partial charge in [0.05, 0.1) is 12.4 Å². The van der Waals surface area contributed by atoms with Gasteiger partial charge in [-0.1, -0.05) is 53.4 Å². The van der Waals surface area contributed by atoms with Crippen LogP contribution in [0, 0.1) is 0 Å². The number of benzene rings is 2. The van der Waals surface area contributed by atoms with E-state index in [4.69, 9.17) is 9.84 Å². The first-order valence-electron chi connectivity index (χ1n) is 9.36. The van der Waals surface area contributed by atoms with Gasteiger partial charge in [-0.2, -0.15) is 0 Å². The largest absolute Gasteiger partial charge is 0.494 e. The number of carbonyl (C=O) groups is 2. The molecule has 0 fully saturated rings. The molecule has 0 radical (unpaired) electrons. The standard InChI is InChI=1S/C21H21N3O4S2/c25-18(26)14-29-21-24-23-20(30-21)22-19(27)16-9-11-17(12-10-16)28-13-5-4-8-15-6-2-1-3-7-15/h1-3,6-7,9-12H,4-5,8,13-14H2,(H,25,26)(H,22,23,27). The monoisotopic (exact) mass is 443 g/mol. The number of carboxylic acid groups (broad SMARTS) is 1. The molecule has 30 heavy (non-hydrogen) atoms. The van der Waals surface area contributed by atoms with Crippen molar-refractivity contribution in [3.05, 3.63) is 65.7 Å². The number of nitrogens with zero attached hydrogens (tertiary/aromatic N) is 2. The van der Waals surface area contributed by atoms with Crippen molar-refractivity contribution in [1.29, 1.82) is 0 Å². The van der Waals surface area contributed by atoms with Gasteiger partial charge in [0, 0.05) is 5.56 Å². The highest BCUT2D eigenvalue weighted by atomic mass is 32.2. The number of aromatic nitrogens is 2. The van der Waals surface area contributed by atoms with Crippen molar-refractivity contribution in [3.63, 3.8) is 0 Å². The Hall–Kier alpha value is -2.91. The van der Waals surface area contributed by atoms with Gasteiger partial charge in [0.1, 0.15) is 5.75 Å². The molecule has 0 aliphatic carbocycles. The number of amides is 1. The Labute approximate surface area is 182 Å². The zero-order valence-corrected chi connectivity index (χ0v) is 17.7. The highest BCUT2D eigenvalue weighted by molar-refractivity contribution is 8.01. The molecule has 1 amide bonds. The number of nitrogens with one attached hydrogen (secondary N) is 1. The van der Waals surface area contributed by atoms with Crippen LogP contribution in [0.15, 0.2) is 58.9 Å². The highest BCUT2D eigenvalue weighted by Crippen LogP contribution is 2.25. The van der Waals surface area contributed by atoms with E-state index in [9.17, 15) is 9.59 Å². The third-order valence-corrected chi connectivity index (χ3v) is 5.99. The number of aryl methyl sites for hydroxylation is 1. The smallest absolute Gasteiger partial charge is 0.313 e. The van der Waals surface area contributed by atoms with Gasteiger partial charge in [0.25, 0.3) is 5.91 Å². The maximum absolute atomic E-state index is 12.3. The Bertz CT molecular complexity index is 962. The van der Waals surface area contributed by atoms with Crippen LogP contribution in [-0.2, 0) is 11.2 Å². The highest BCUT2D eigenvalue weighted by Gasteiger charge is 2.11. The Morgan fingerprint density at radius 3 is 2.53 bits per heavy atom. The van der Waals surface area contributed by atoms with E-state index in [2.05, 4.69) is 27.6 Å². The predicted molar refractivity (Wildman–Crippen MR) is 118 cm³/mol. The summed E-state index contributed by atoms with van der Waals surface area (Å²) in [6.07, 6.45) is 3.04. The fraction of sp³-hybridized carbons (Fsp3) is 0.238. The first-order valence-corrected chi connectivity index (χ1v) is 11.2. The second-order valence-corrected chi connectivity index (χ2v) is 8.53. The Balaban J connectivity index is 1.40.